The summed E-state index contributed by atoms with van der Waals surface area (Å²) in [6.07, 6.45) is 37.1. The molecule has 0 N–H and O–H groups in total. The normalized spacial score (nSPS) is 24.1. The van der Waals surface area contributed by atoms with Gasteiger partial charge in [0.15, 0.2) is 0 Å². The zero-order chi connectivity index (χ0) is 22.5. The maximum Gasteiger partial charge on any atom is 0.00617 e. The average molecular weight is 437 g/mol. The van der Waals surface area contributed by atoms with E-state index in [2.05, 4.69) is 109 Å². The van der Waals surface area contributed by atoms with Gasteiger partial charge < -0.3 is 0 Å². The molecule has 0 spiro atoms. The highest BCUT2D eigenvalue weighted by atomic mass is 14.3. The SMILES string of the molecule is C1=CCC2C=CC(c3c4c(c(C5=CC=C6C=CC=CC6C5)c5ccccc35)=CCCC=4)=CC2=C1. The Balaban J connectivity index is 1.51. The van der Waals surface area contributed by atoms with Crippen LogP contribution in [0.15, 0.2) is 108 Å². The van der Waals surface area contributed by atoms with Crippen LogP contribution in [0, 0.1) is 11.8 Å². The second-order valence-electron chi connectivity index (χ2n) is 9.92. The summed E-state index contributed by atoms with van der Waals surface area (Å²) < 4.78 is 0. The van der Waals surface area contributed by atoms with E-state index in [1.807, 2.05) is 0 Å². The molecule has 0 aliphatic heterocycles. The fraction of sp³-hybridized carbons (Fsp3) is 0.176. The first kappa shape index (κ1) is 19.8. The van der Waals surface area contributed by atoms with Gasteiger partial charge in [-0.15, -0.1) is 0 Å². The second-order valence-corrected chi connectivity index (χ2v) is 9.92. The van der Waals surface area contributed by atoms with Crippen LogP contribution in [-0.4, -0.2) is 0 Å². The van der Waals surface area contributed by atoms with Crippen LogP contribution >= 0.6 is 0 Å². The lowest BCUT2D eigenvalue weighted by Crippen LogP contribution is -2.34. The summed E-state index contributed by atoms with van der Waals surface area (Å²) in [6.45, 7) is 0. The minimum absolute atomic E-state index is 0.485. The highest BCUT2D eigenvalue weighted by molar-refractivity contribution is 6.03. The van der Waals surface area contributed by atoms with Gasteiger partial charge in [0.05, 0.1) is 0 Å². The number of allylic oxidation sites excluding steroid dienone is 16. The predicted octanol–water partition coefficient (Wildman–Crippen LogP) is 7.11. The molecule has 0 radical (unpaired) electrons. The van der Waals surface area contributed by atoms with Crippen LogP contribution in [0.25, 0.3) is 34.1 Å². The molecule has 0 bridgehead atoms. The number of fused-ring (bicyclic) bond motifs is 4. The smallest absolute Gasteiger partial charge is 0.00617 e. The Morgan fingerprint density at radius 1 is 0.676 bits per heavy atom. The third kappa shape index (κ3) is 3.13. The van der Waals surface area contributed by atoms with Gasteiger partial charge in [-0.2, -0.15) is 0 Å². The summed E-state index contributed by atoms with van der Waals surface area (Å²) in [5, 5.41) is 5.62. The van der Waals surface area contributed by atoms with Crippen LogP contribution < -0.4 is 10.4 Å². The fourth-order valence-electron chi connectivity index (χ4n) is 6.28. The third-order valence-electron chi connectivity index (χ3n) is 7.93. The number of benzene rings is 2. The van der Waals surface area contributed by atoms with E-state index >= 15 is 0 Å². The Hall–Kier alpha value is -3.64. The molecule has 0 fully saturated rings. The summed E-state index contributed by atoms with van der Waals surface area (Å²) in [4.78, 5) is 0. The van der Waals surface area contributed by atoms with Gasteiger partial charge in [0, 0.05) is 11.8 Å². The van der Waals surface area contributed by atoms with Crippen molar-refractivity contribution in [3.8, 4) is 0 Å². The van der Waals surface area contributed by atoms with E-state index in [4.69, 9.17) is 0 Å². The number of hydrogen-bond donors (Lipinski definition) is 0. The van der Waals surface area contributed by atoms with Gasteiger partial charge in [-0.05, 0) is 80.3 Å². The molecule has 5 aliphatic rings. The van der Waals surface area contributed by atoms with Gasteiger partial charge in [-0.3, -0.25) is 0 Å². The first-order valence-electron chi connectivity index (χ1n) is 12.6. The molecule has 0 saturated carbocycles. The minimum atomic E-state index is 0.485. The first-order valence-corrected chi connectivity index (χ1v) is 12.6. The molecule has 0 nitrogen and oxygen atoms in total. The lowest BCUT2D eigenvalue weighted by molar-refractivity contribution is 0.781. The van der Waals surface area contributed by atoms with E-state index in [1.54, 1.807) is 0 Å². The van der Waals surface area contributed by atoms with Crippen molar-refractivity contribution in [3.63, 3.8) is 0 Å². The second kappa shape index (κ2) is 7.99. The summed E-state index contributed by atoms with van der Waals surface area (Å²) in [5.74, 6) is 1.01. The van der Waals surface area contributed by atoms with Crippen LogP contribution in [0.2, 0.25) is 0 Å². The fourth-order valence-corrected chi connectivity index (χ4v) is 6.28. The van der Waals surface area contributed by atoms with Gasteiger partial charge >= 0.3 is 0 Å². The zero-order valence-electron chi connectivity index (χ0n) is 19.4. The average Bonchev–Trinajstić information content (AvgIpc) is 2.91. The summed E-state index contributed by atoms with van der Waals surface area (Å²) in [6, 6.07) is 9.08. The predicted molar refractivity (Wildman–Crippen MR) is 146 cm³/mol. The minimum Gasteiger partial charge on any atom is -0.0836 e. The molecule has 2 aromatic carbocycles. The van der Waals surface area contributed by atoms with E-state index in [9.17, 15) is 0 Å². The molecule has 164 valence electrons. The standard InChI is InChI=1S/C34H28/c1-3-11-25-21-27(19-17-23(25)9-1)33-29-13-5-7-15-31(29)34(32-16-8-6-14-30(32)33)28-20-18-24-10-2-4-12-26(24)22-28/h1-5,7,9,11-20,22,24-25H,6,8,10,21H2. The van der Waals surface area contributed by atoms with E-state index in [-0.39, 0.29) is 0 Å². The van der Waals surface area contributed by atoms with Crippen molar-refractivity contribution in [2.45, 2.75) is 25.7 Å². The van der Waals surface area contributed by atoms with Gasteiger partial charge in [0.1, 0.15) is 0 Å². The number of rotatable bonds is 2. The molecule has 2 atom stereocenters. The molecule has 2 unspecified atom stereocenters. The molecule has 0 aromatic heterocycles. The monoisotopic (exact) mass is 436 g/mol. The maximum atomic E-state index is 2.50. The van der Waals surface area contributed by atoms with Crippen molar-refractivity contribution in [1.82, 2.24) is 0 Å². The molecule has 34 heavy (non-hydrogen) atoms. The summed E-state index contributed by atoms with van der Waals surface area (Å²) >= 11 is 0. The Morgan fingerprint density at radius 2 is 1.50 bits per heavy atom. The van der Waals surface area contributed by atoms with E-state index < -0.39 is 0 Å². The molecule has 0 heterocycles. The van der Waals surface area contributed by atoms with Crippen LogP contribution in [-0.2, 0) is 0 Å². The van der Waals surface area contributed by atoms with E-state index in [0.29, 0.717) is 11.8 Å². The zero-order valence-corrected chi connectivity index (χ0v) is 19.4. The molecule has 7 rings (SSSR count). The van der Waals surface area contributed by atoms with Crippen LogP contribution in [0.4, 0.5) is 0 Å². The van der Waals surface area contributed by atoms with Gasteiger partial charge in [-0.25, -0.2) is 0 Å². The molecule has 5 aliphatic carbocycles. The Labute approximate surface area is 201 Å². The van der Waals surface area contributed by atoms with E-state index in [1.165, 1.54) is 54.6 Å². The van der Waals surface area contributed by atoms with Crippen molar-refractivity contribution in [2.75, 3.05) is 0 Å². The topological polar surface area (TPSA) is 0 Å². The van der Waals surface area contributed by atoms with Crippen LogP contribution in [0.5, 0.6) is 0 Å². The quantitative estimate of drug-likeness (QED) is 0.471. The van der Waals surface area contributed by atoms with Crippen molar-refractivity contribution in [1.29, 1.82) is 0 Å². The van der Waals surface area contributed by atoms with Gasteiger partial charge in [0.25, 0.3) is 0 Å². The number of hydrogen-bond acceptors (Lipinski definition) is 0. The molecule has 2 aromatic rings. The highest BCUT2D eigenvalue weighted by Crippen LogP contribution is 2.38. The largest absolute Gasteiger partial charge is 0.0836 e. The molecular weight excluding hydrogens is 408 g/mol. The van der Waals surface area contributed by atoms with Crippen molar-refractivity contribution >= 4 is 34.1 Å². The molecule has 0 saturated heterocycles. The summed E-state index contributed by atoms with van der Waals surface area (Å²) in [5.41, 5.74) is 8.53. The van der Waals surface area contributed by atoms with Crippen molar-refractivity contribution < 1.29 is 0 Å². The Morgan fingerprint density at radius 3 is 2.38 bits per heavy atom. The third-order valence-corrected chi connectivity index (χ3v) is 7.93. The molecule has 0 amide bonds. The van der Waals surface area contributed by atoms with Crippen LogP contribution in [0.1, 0.15) is 36.8 Å². The Kier molecular flexibility index (Phi) is 4.65. The molecular formula is C34H28. The summed E-state index contributed by atoms with van der Waals surface area (Å²) in [7, 11) is 0. The van der Waals surface area contributed by atoms with Crippen molar-refractivity contribution in [2.24, 2.45) is 11.8 Å². The lowest BCUT2D eigenvalue weighted by atomic mass is 9.78. The Bertz CT molecular complexity index is 1590. The van der Waals surface area contributed by atoms with Crippen molar-refractivity contribution in [3.05, 3.63) is 130 Å². The highest BCUT2D eigenvalue weighted by Gasteiger charge is 2.23. The van der Waals surface area contributed by atoms with Gasteiger partial charge in [-0.1, -0.05) is 109 Å². The molecule has 0 heteroatoms. The lowest BCUT2D eigenvalue weighted by Gasteiger charge is -2.26. The van der Waals surface area contributed by atoms with Crippen LogP contribution in [0.3, 0.4) is 0 Å². The van der Waals surface area contributed by atoms with Gasteiger partial charge in [0.2, 0.25) is 0 Å². The maximum absolute atomic E-state index is 2.50. The first-order chi connectivity index (χ1) is 16.9. The van der Waals surface area contributed by atoms with E-state index in [0.717, 1.165) is 25.7 Å².